The second kappa shape index (κ2) is 7.81. The maximum Gasteiger partial charge on any atom is 0.268 e. The van der Waals surface area contributed by atoms with E-state index in [4.69, 9.17) is 0 Å². The summed E-state index contributed by atoms with van der Waals surface area (Å²) in [6.45, 7) is 5.80. The summed E-state index contributed by atoms with van der Waals surface area (Å²) in [5, 5.41) is 13.5. The predicted molar refractivity (Wildman–Crippen MR) is 96.3 cm³/mol. The van der Waals surface area contributed by atoms with Crippen LogP contribution in [0.4, 0.5) is 0 Å². The Morgan fingerprint density at radius 3 is 3.04 bits per heavy atom. The van der Waals surface area contributed by atoms with Crippen molar-refractivity contribution in [3.8, 4) is 0 Å². The highest BCUT2D eigenvalue weighted by Crippen LogP contribution is 2.22. The Morgan fingerprint density at radius 2 is 2.25 bits per heavy atom. The molecule has 1 aromatic heterocycles. The molecule has 5 nitrogen and oxygen atoms in total. The number of hydrogen-bond acceptors (Lipinski definition) is 3. The van der Waals surface area contributed by atoms with Gasteiger partial charge in [0.25, 0.3) is 5.91 Å². The third-order valence-corrected chi connectivity index (χ3v) is 4.97. The van der Waals surface area contributed by atoms with Gasteiger partial charge in [-0.25, -0.2) is 0 Å². The quantitative estimate of drug-likeness (QED) is 0.761. The van der Waals surface area contributed by atoms with Crippen molar-refractivity contribution in [1.82, 2.24) is 15.2 Å². The number of carbonyl (C=O) groups excluding carboxylic acids is 1. The zero-order chi connectivity index (χ0) is 16.9. The number of para-hydroxylation sites is 1. The van der Waals surface area contributed by atoms with E-state index in [1.165, 1.54) is 0 Å². The highest BCUT2D eigenvalue weighted by atomic mass is 16.3. The molecular weight excluding hydrogens is 302 g/mol. The largest absolute Gasteiger partial charge is 0.396 e. The summed E-state index contributed by atoms with van der Waals surface area (Å²) in [5.41, 5.74) is 2.79. The monoisotopic (exact) mass is 329 g/mol. The van der Waals surface area contributed by atoms with Gasteiger partial charge in [0.2, 0.25) is 0 Å². The number of likely N-dealkylation sites (tertiary alicyclic amines) is 1. The second-order valence-electron chi connectivity index (χ2n) is 6.63. The van der Waals surface area contributed by atoms with E-state index in [2.05, 4.69) is 28.2 Å². The van der Waals surface area contributed by atoms with E-state index in [9.17, 15) is 9.90 Å². The Kier molecular flexibility index (Phi) is 5.53. The lowest BCUT2D eigenvalue weighted by Gasteiger charge is -2.31. The summed E-state index contributed by atoms with van der Waals surface area (Å²) in [5.74, 6) is 0.355. The minimum Gasteiger partial charge on any atom is -0.396 e. The molecule has 0 aliphatic carbocycles. The normalized spacial score (nSPS) is 18.8. The van der Waals surface area contributed by atoms with Gasteiger partial charge in [0.05, 0.1) is 0 Å². The number of rotatable bonds is 6. The number of aryl methyl sites for hydroxylation is 1. The molecule has 2 heterocycles. The molecule has 1 aliphatic rings. The van der Waals surface area contributed by atoms with Crippen molar-refractivity contribution in [1.29, 1.82) is 0 Å². The van der Waals surface area contributed by atoms with Gasteiger partial charge >= 0.3 is 0 Å². The van der Waals surface area contributed by atoms with Crippen LogP contribution in [-0.2, 0) is 6.42 Å². The SMILES string of the molecule is CCc1c(C(=O)NCCN2CCCC(CO)C2)[nH]c2ccccc12. The van der Waals surface area contributed by atoms with Crippen LogP contribution in [0.3, 0.4) is 0 Å². The number of aliphatic hydroxyl groups excluding tert-OH is 1. The van der Waals surface area contributed by atoms with Crippen molar-refractivity contribution >= 4 is 16.8 Å². The molecule has 24 heavy (non-hydrogen) atoms. The average Bonchev–Trinajstić information content (AvgIpc) is 3.00. The molecule has 0 spiro atoms. The van der Waals surface area contributed by atoms with Crippen molar-refractivity contribution in [2.75, 3.05) is 32.8 Å². The van der Waals surface area contributed by atoms with Gasteiger partial charge in [-0.3, -0.25) is 4.79 Å². The van der Waals surface area contributed by atoms with Gasteiger partial charge in [0.15, 0.2) is 0 Å². The van der Waals surface area contributed by atoms with Crippen LogP contribution in [0.15, 0.2) is 24.3 Å². The van der Waals surface area contributed by atoms with Crippen molar-refractivity contribution < 1.29 is 9.90 Å². The van der Waals surface area contributed by atoms with Crippen LogP contribution >= 0.6 is 0 Å². The van der Waals surface area contributed by atoms with Crippen molar-refractivity contribution in [2.24, 2.45) is 5.92 Å². The summed E-state index contributed by atoms with van der Waals surface area (Å²) in [6.07, 6.45) is 3.06. The number of aliphatic hydroxyl groups is 1. The average molecular weight is 329 g/mol. The number of carbonyl (C=O) groups is 1. The molecule has 1 aliphatic heterocycles. The fourth-order valence-corrected chi connectivity index (χ4v) is 3.68. The highest BCUT2D eigenvalue weighted by Gasteiger charge is 2.20. The van der Waals surface area contributed by atoms with Crippen molar-refractivity contribution in [3.05, 3.63) is 35.5 Å². The van der Waals surface area contributed by atoms with E-state index in [-0.39, 0.29) is 12.5 Å². The maximum absolute atomic E-state index is 12.6. The number of aromatic amines is 1. The Balaban J connectivity index is 1.59. The number of hydrogen-bond donors (Lipinski definition) is 3. The van der Waals surface area contributed by atoms with Crippen LogP contribution in [0.2, 0.25) is 0 Å². The number of fused-ring (bicyclic) bond motifs is 1. The minimum atomic E-state index is -0.0289. The van der Waals surface area contributed by atoms with Gasteiger partial charge in [-0.15, -0.1) is 0 Å². The third kappa shape index (κ3) is 3.62. The number of amides is 1. The summed E-state index contributed by atoms with van der Waals surface area (Å²) < 4.78 is 0. The highest BCUT2D eigenvalue weighted by molar-refractivity contribution is 6.01. The lowest BCUT2D eigenvalue weighted by atomic mass is 9.99. The predicted octanol–water partition coefficient (Wildman–Crippen LogP) is 2.16. The van der Waals surface area contributed by atoms with Crippen LogP contribution < -0.4 is 5.32 Å². The number of benzene rings is 1. The molecule has 0 bridgehead atoms. The van der Waals surface area contributed by atoms with Gasteiger partial charge in [-0.2, -0.15) is 0 Å². The van der Waals surface area contributed by atoms with E-state index in [1.807, 2.05) is 18.2 Å². The number of aromatic nitrogens is 1. The fraction of sp³-hybridized carbons (Fsp3) is 0.526. The molecule has 0 saturated carbocycles. The Bertz CT molecular complexity index is 695. The van der Waals surface area contributed by atoms with Crippen molar-refractivity contribution in [3.63, 3.8) is 0 Å². The van der Waals surface area contributed by atoms with E-state index >= 15 is 0 Å². The first-order valence-corrected chi connectivity index (χ1v) is 8.94. The molecule has 3 N–H and O–H groups in total. The lowest BCUT2D eigenvalue weighted by Crippen LogP contribution is -2.41. The molecule has 1 unspecified atom stereocenters. The minimum absolute atomic E-state index is 0.0289. The van der Waals surface area contributed by atoms with Gasteiger partial charge in [0, 0.05) is 37.1 Å². The maximum atomic E-state index is 12.6. The first-order valence-electron chi connectivity index (χ1n) is 8.94. The van der Waals surface area contributed by atoms with E-state index in [1.54, 1.807) is 0 Å². The molecule has 2 aromatic rings. The number of nitrogens with one attached hydrogen (secondary N) is 2. The molecule has 1 fully saturated rings. The molecule has 3 rings (SSSR count). The molecule has 5 heteroatoms. The number of H-pyrrole nitrogens is 1. The Morgan fingerprint density at radius 1 is 1.42 bits per heavy atom. The summed E-state index contributed by atoms with van der Waals surface area (Å²) in [4.78, 5) is 18.1. The molecule has 1 saturated heterocycles. The zero-order valence-corrected chi connectivity index (χ0v) is 14.3. The van der Waals surface area contributed by atoms with Crippen LogP contribution in [0.25, 0.3) is 10.9 Å². The Labute approximate surface area is 143 Å². The molecule has 1 amide bonds. The van der Waals surface area contributed by atoms with Gasteiger partial charge in [-0.1, -0.05) is 25.1 Å². The number of nitrogens with zero attached hydrogens (tertiary/aromatic N) is 1. The summed E-state index contributed by atoms with van der Waals surface area (Å²) in [6, 6.07) is 8.05. The molecule has 1 atom stereocenters. The molecule has 0 radical (unpaired) electrons. The Hall–Kier alpha value is -1.85. The van der Waals surface area contributed by atoms with Crippen LogP contribution in [0.5, 0.6) is 0 Å². The lowest BCUT2D eigenvalue weighted by molar-refractivity contribution is 0.0926. The van der Waals surface area contributed by atoms with Gasteiger partial charge in [0.1, 0.15) is 5.69 Å². The molecule has 130 valence electrons. The smallest absolute Gasteiger partial charge is 0.268 e. The van der Waals surface area contributed by atoms with Crippen molar-refractivity contribution in [2.45, 2.75) is 26.2 Å². The van der Waals surface area contributed by atoms with Crippen LogP contribution in [0, 0.1) is 5.92 Å². The van der Waals surface area contributed by atoms with Gasteiger partial charge < -0.3 is 20.3 Å². The first-order chi connectivity index (χ1) is 11.7. The van der Waals surface area contributed by atoms with E-state index in [0.29, 0.717) is 18.2 Å². The zero-order valence-electron chi connectivity index (χ0n) is 14.3. The third-order valence-electron chi connectivity index (χ3n) is 4.97. The fourth-order valence-electron chi connectivity index (χ4n) is 3.68. The summed E-state index contributed by atoms with van der Waals surface area (Å²) >= 11 is 0. The first kappa shape index (κ1) is 17.0. The topological polar surface area (TPSA) is 68.4 Å². The van der Waals surface area contributed by atoms with E-state index in [0.717, 1.165) is 55.4 Å². The summed E-state index contributed by atoms with van der Waals surface area (Å²) in [7, 11) is 0. The second-order valence-corrected chi connectivity index (χ2v) is 6.63. The van der Waals surface area contributed by atoms with Gasteiger partial charge in [-0.05, 0) is 43.4 Å². The van der Waals surface area contributed by atoms with Crippen LogP contribution in [0.1, 0.15) is 35.8 Å². The van der Waals surface area contributed by atoms with Crippen LogP contribution in [-0.4, -0.2) is 53.7 Å². The molecular formula is C19H27N3O2. The number of piperidine rings is 1. The standard InChI is InChI=1S/C19H27N3O2/c1-2-15-16-7-3-4-8-17(16)21-18(15)19(24)20-9-11-22-10-5-6-14(12-22)13-23/h3-4,7-8,14,21,23H,2,5-6,9-13H2,1H3,(H,20,24). The van der Waals surface area contributed by atoms with E-state index < -0.39 is 0 Å². The molecule has 1 aromatic carbocycles.